The van der Waals surface area contributed by atoms with E-state index in [1.807, 2.05) is 24.3 Å². The molecule has 1 aliphatic rings. The Bertz CT molecular complexity index is 880. The lowest BCUT2D eigenvalue weighted by Gasteiger charge is -2.32. The molecule has 0 saturated carbocycles. The standard InChI is InChI=1S/C22H19BrO2S/c1-24-17-10-7-15(8-11-17)19-14-22(26-18-5-3-2-4-6-18)25-21-12-9-16(23)13-20(19)21/h2-13,19,22H,14H2,1H3/t19-,22-/m0/s1. The molecular weight excluding hydrogens is 408 g/mol. The maximum atomic E-state index is 6.30. The Balaban J connectivity index is 1.67. The number of rotatable bonds is 4. The van der Waals surface area contributed by atoms with E-state index in [-0.39, 0.29) is 5.44 Å². The molecule has 0 saturated heterocycles. The van der Waals surface area contributed by atoms with Crippen LogP contribution in [0.3, 0.4) is 0 Å². The summed E-state index contributed by atoms with van der Waals surface area (Å²) in [6, 6.07) is 25.1. The van der Waals surface area contributed by atoms with E-state index < -0.39 is 0 Å². The third kappa shape index (κ3) is 3.76. The minimum atomic E-state index is 0.0816. The van der Waals surface area contributed by atoms with Crippen LogP contribution in [-0.2, 0) is 0 Å². The van der Waals surface area contributed by atoms with Crippen molar-refractivity contribution in [2.45, 2.75) is 22.7 Å². The van der Waals surface area contributed by atoms with Crippen molar-refractivity contribution in [2.75, 3.05) is 7.11 Å². The molecule has 0 radical (unpaired) electrons. The van der Waals surface area contributed by atoms with Gasteiger partial charge in [-0.05, 0) is 48.0 Å². The number of halogens is 1. The minimum absolute atomic E-state index is 0.0816. The average Bonchev–Trinajstić information content (AvgIpc) is 2.68. The molecule has 3 aromatic rings. The first-order valence-electron chi connectivity index (χ1n) is 8.54. The number of methoxy groups -OCH3 is 1. The van der Waals surface area contributed by atoms with Gasteiger partial charge in [-0.1, -0.05) is 58.0 Å². The Kier molecular flexibility index (Phi) is 5.23. The van der Waals surface area contributed by atoms with Crippen molar-refractivity contribution in [3.63, 3.8) is 0 Å². The first-order valence-corrected chi connectivity index (χ1v) is 10.2. The molecule has 0 fully saturated rings. The van der Waals surface area contributed by atoms with Crippen molar-refractivity contribution < 1.29 is 9.47 Å². The maximum absolute atomic E-state index is 6.30. The van der Waals surface area contributed by atoms with Crippen LogP contribution in [0.4, 0.5) is 0 Å². The van der Waals surface area contributed by atoms with E-state index in [0.29, 0.717) is 5.92 Å². The predicted molar refractivity (Wildman–Crippen MR) is 110 cm³/mol. The van der Waals surface area contributed by atoms with Crippen LogP contribution >= 0.6 is 27.7 Å². The number of hydrogen-bond donors (Lipinski definition) is 0. The van der Waals surface area contributed by atoms with Gasteiger partial charge in [0.05, 0.1) is 7.11 Å². The molecule has 4 heteroatoms. The molecule has 2 nitrogen and oxygen atoms in total. The van der Waals surface area contributed by atoms with Crippen molar-refractivity contribution >= 4 is 27.7 Å². The zero-order valence-corrected chi connectivity index (χ0v) is 16.8. The predicted octanol–water partition coefficient (Wildman–Crippen LogP) is 6.49. The lowest BCUT2D eigenvalue weighted by Crippen LogP contribution is -2.23. The van der Waals surface area contributed by atoms with Gasteiger partial charge in [-0.2, -0.15) is 0 Å². The van der Waals surface area contributed by atoms with Crippen molar-refractivity contribution in [3.8, 4) is 11.5 Å². The van der Waals surface area contributed by atoms with E-state index in [1.165, 1.54) is 16.0 Å². The van der Waals surface area contributed by atoms with Crippen LogP contribution in [-0.4, -0.2) is 12.5 Å². The molecule has 0 N–H and O–H groups in total. The first kappa shape index (κ1) is 17.5. The zero-order chi connectivity index (χ0) is 17.9. The highest BCUT2D eigenvalue weighted by molar-refractivity contribution is 9.10. The second-order valence-electron chi connectivity index (χ2n) is 6.22. The van der Waals surface area contributed by atoms with Gasteiger partial charge in [-0.15, -0.1) is 0 Å². The smallest absolute Gasteiger partial charge is 0.149 e. The van der Waals surface area contributed by atoms with Crippen molar-refractivity contribution in [1.29, 1.82) is 0 Å². The monoisotopic (exact) mass is 426 g/mol. The Morgan fingerprint density at radius 2 is 1.77 bits per heavy atom. The van der Waals surface area contributed by atoms with Gasteiger partial charge in [0.15, 0.2) is 0 Å². The Labute approximate surface area is 166 Å². The SMILES string of the molecule is COc1ccc([C@@H]2C[C@H](Sc3ccccc3)Oc3ccc(Br)cc32)cc1. The minimum Gasteiger partial charge on any atom is -0.497 e. The average molecular weight is 427 g/mol. The summed E-state index contributed by atoms with van der Waals surface area (Å²) in [7, 11) is 1.70. The van der Waals surface area contributed by atoms with E-state index in [2.05, 4.69) is 64.5 Å². The molecule has 132 valence electrons. The summed E-state index contributed by atoms with van der Waals surface area (Å²) in [4.78, 5) is 1.23. The molecule has 0 aromatic heterocycles. The quantitative estimate of drug-likeness (QED) is 0.474. The fraction of sp³-hybridized carbons (Fsp3) is 0.182. The Morgan fingerprint density at radius 3 is 2.50 bits per heavy atom. The molecule has 1 heterocycles. The molecule has 0 spiro atoms. The Hall–Kier alpha value is -1.91. The van der Waals surface area contributed by atoms with E-state index in [0.717, 1.165) is 22.4 Å². The van der Waals surface area contributed by atoms with Crippen LogP contribution in [0.15, 0.2) is 82.2 Å². The van der Waals surface area contributed by atoms with Gasteiger partial charge in [0.2, 0.25) is 0 Å². The number of benzene rings is 3. The normalized spacial score (nSPS) is 18.7. The molecule has 0 unspecified atom stereocenters. The molecule has 26 heavy (non-hydrogen) atoms. The van der Waals surface area contributed by atoms with E-state index >= 15 is 0 Å². The topological polar surface area (TPSA) is 18.5 Å². The molecule has 2 atom stereocenters. The van der Waals surface area contributed by atoms with Gasteiger partial charge < -0.3 is 9.47 Å². The highest BCUT2D eigenvalue weighted by Crippen LogP contribution is 2.45. The van der Waals surface area contributed by atoms with Crippen molar-refractivity contribution in [2.24, 2.45) is 0 Å². The lowest BCUT2D eigenvalue weighted by atomic mass is 9.86. The number of ether oxygens (including phenoxy) is 2. The molecule has 1 aliphatic heterocycles. The lowest BCUT2D eigenvalue weighted by molar-refractivity contribution is 0.245. The highest BCUT2D eigenvalue weighted by atomic mass is 79.9. The largest absolute Gasteiger partial charge is 0.497 e. The Morgan fingerprint density at radius 1 is 1.00 bits per heavy atom. The van der Waals surface area contributed by atoms with Crippen LogP contribution in [0, 0.1) is 0 Å². The van der Waals surface area contributed by atoms with Gasteiger partial charge >= 0.3 is 0 Å². The van der Waals surface area contributed by atoms with E-state index in [1.54, 1.807) is 18.9 Å². The highest BCUT2D eigenvalue weighted by Gasteiger charge is 2.30. The summed E-state index contributed by atoms with van der Waals surface area (Å²) in [6.07, 6.45) is 0.926. The fourth-order valence-corrected chi connectivity index (χ4v) is 4.72. The molecule has 0 bridgehead atoms. The third-order valence-corrected chi connectivity index (χ3v) is 6.15. The summed E-state index contributed by atoms with van der Waals surface area (Å²) in [5.74, 6) is 2.14. The van der Waals surface area contributed by atoms with Crippen LogP contribution in [0.25, 0.3) is 0 Å². The van der Waals surface area contributed by atoms with Gasteiger partial charge in [0, 0.05) is 27.3 Å². The summed E-state index contributed by atoms with van der Waals surface area (Å²) in [5.41, 5.74) is 2.60. The van der Waals surface area contributed by atoms with Crippen LogP contribution in [0.1, 0.15) is 23.5 Å². The van der Waals surface area contributed by atoms with Crippen LogP contribution < -0.4 is 9.47 Å². The number of hydrogen-bond acceptors (Lipinski definition) is 3. The second-order valence-corrected chi connectivity index (χ2v) is 8.37. The molecule has 3 aromatic carbocycles. The van der Waals surface area contributed by atoms with Gasteiger partial charge in [0.25, 0.3) is 0 Å². The molecular formula is C22H19BrO2S. The molecule has 0 aliphatic carbocycles. The maximum Gasteiger partial charge on any atom is 0.149 e. The molecule has 0 amide bonds. The van der Waals surface area contributed by atoms with Gasteiger partial charge in [-0.3, -0.25) is 0 Å². The summed E-state index contributed by atoms with van der Waals surface area (Å²) in [5, 5.41) is 0. The van der Waals surface area contributed by atoms with E-state index in [9.17, 15) is 0 Å². The van der Waals surface area contributed by atoms with Crippen molar-refractivity contribution in [3.05, 3.63) is 88.4 Å². The third-order valence-electron chi connectivity index (χ3n) is 4.56. The van der Waals surface area contributed by atoms with Gasteiger partial charge in [-0.25, -0.2) is 0 Å². The van der Waals surface area contributed by atoms with Crippen LogP contribution in [0.5, 0.6) is 11.5 Å². The first-order chi connectivity index (χ1) is 12.7. The summed E-state index contributed by atoms with van der Waals surface area (Å²) >= 11 is 5.38. The summed E-state index contributed by atoms with van der Waals surface area (Å²) < 4.78 is 12.7. The van der Waals surface area contributed by atoms with Gasteiger partial charge in [0.1, 0.15) is 16.9 Å². The van der Waals surface area contributed by atoms with E-state index in [4.69, 9.17) is 9.47 Å². The second kappa shape index (κ2) is 7.77. The number of thioether (sulfide) groups is 1. The van der Waals surface area contributed by atoms with Crippen molar-refractivity contribution in [1.82, 2.24) is 0 Å². The number of fused-ring (bicyclic) bond motifs is 1. The zero-order valence-electron chi connectivity index (χ0n) is 14.4. The summed E-state index contributed by atoms with van der Waals surface area (Å²) in [6.45, 7) is 0. The molecule has 4 rings (SSSR count). The fourth-order valence-electron chi connectivity index (χ4n) is 3.28. The van der Waals surface area contributed by atoms with Crippen LogP contribution in [0.2, 0.25) is 0 Å².